The zero-order chi connectivity index (χ0) is 13.2. The first-order valence-electron chi connectivity index (χ1n) is 6.00. The summed E-state index contributed by atoms with van der Waals surface area (Å²) in [5.41, 5.74) is 8.60. The van der Waals surface area contributed by atoms with Crippen LogP contribution in [0, 0.1) is 0 Å². The number of nitrogens with one attached hydrogen (secondary N) is 2. The zero-order valence-electron chi connectivity index (χ0n) is 10.2. The SMILES string of the molecule is NCCc1nccc(-c2ccc3[nH]c(=O)[nH]c3c2)n1. The molecule has 19 heavy (non-hydrogen) atoms. The smallest absolute Gasteiger partial charge is 0.323 e. The maximum Gasteiger partial charge on any atom is 0.323 e. The normalized spacial score (nSPS) is 11.0. The van der Waals surface area contributed by atoms with Crippen LogP contribution in [0.2, 0.25) is 0 Å². The molecular weight excluding hydrogens is 242 g/mol. The van der Waals surface area contributed by atoms with Crippen LogP contribution in [0.5, 0.6) is 0 Å². The van der Waals surface area contributed by atoms with Crippen LogP contribution in [0.15, 0.2) is 35.3 Å². The van der Waals surface area contributed by atoms with Crippen LogP contribution >= 0.6 is 0 Å². The van der Waals surface area contributed by atoms with Crippen molar-refractivity contribution in [3.63, 3.8) is 0 Å². The molecule has 1 aromatic carbocycles. The summed E-state index contributed by atoms with van der Waals surface area (Å²) in [7, 11) is 0. The van der Waals surface area contributed by atoms with Crippen LogP contribution in [0.25, 0.3) is 22.3 Å². The van der Waals surface area contributed by atoms with Crippen molar-refractivity contribution in [2.24, 2.45) is 5.73 Å². The van der Waals surface area contributed by atoms with Crippen molar-refractivity contribution in [1.82, 2.24) is 19.9 Å². The molecular formula is C13H13N5O. The molecule has 6 heteroatoms. The highest BCUT2D eigenvalue weighted by molar-refractivity contribution is 5.80. The number of rotatable bonds is 3. The number of imidazole rings is 1. The molecule has 0 aliphatic rings. The average Bonchev–Trinajstić information content (AvgIpc) is 2.78. The van der Waals surface area contributed by atoms with Gasteiger partial charge in [-0.2, -0.15) is 0 Å². The molecule has 0 unspecified atom stereocenters. The number of aromatic nitrogens is 4. The van der Waals surface area contributed by atoms with Gasteiger partial charge in [0.2, 0.25) is 0 Å². The fourth-order valence-electron chi connectivity index (χ4n) is 2.00. The lowest BCUT2D eigenvalue weighted by Gasteiger charge is -2.03. The molecule has 0 bridgehead atoms. The van der Waals surface area contributed by atoms with Crippen molar-refractivity contribution in [1.29, 1.82) is 0 Å². The summed E-state index contributed by atoms with van der Waals surface area (Å²) in [6, 6.07) is 7.50. The first kappa shape index (κ1) is 11.6. The van der Waals surface area contributed by atoms with E-state index in [1.807, 2.05) is 24.3 Å². The highest BCUT2D eigenvalue weighted by Crippen LogP contribution is 2.20. The summed E-state index contributed by atoms with van der Waals surface area (Å²) in [5, 5.41) is 0. The molecule has 3 rings (SSSR count). The zero-order valence-corrected chi connectivity index (χ0v) is 10.2. The van der Waals surface area contributed by atoms with E-state index in [0.29, 0.717) is 13.0 Å². The van der Waals surface area contributed by atoms with E-state index in [9.17, 15) is 4.79 Å². The first-order chi connectivity index (χ1) is 9.26. The molecule has 4 N–H and O–H groups in total. The van der Waals surface area contributed by atoms with Crippen LogP contribution in [0.3, 0.4) is 0 Å². The predicted molar refractivity (Wildman–Crippen MR) is 72.7 cm³/mol. The second-order valence-corrected chi connectivity index (χ2v) is 4.24. The highest BCUT2D eigenvalue weighted by Gasteiger charge is 2.04. The quantitative estimate of drug-likeness (QED) is 0.644. The van der Waals surface area contributed by atoms with Crippen molar-refractivity contribution in [3.8, 4) is 11.3 Å². The van der Waals surface area contributed by atoms with Gasteiger partial charge in [0.15, 0.2) is 0 Å². The molecule has 2 aromatic heterocycles. The van der Waals surface area contributed by atoms with Gasteiger partial charge in [-0.1, -0.05) is 6.07 Å². The molecule has 0 spiro atoms. The highest BCUT2D eigenvalue weighted by atomic mass is 16.1. The minimum atomic E-state index is -0.210. The van der Waals surface area contributed by atoms with E-state index in [0.717, 1.165) is 28.1 Å². The maximum atomic E-state index is 11.2. The van der Waals surface area contributed by atoms with E-state index in [2.05, 4.69) is 19.9 Å². The van der Waals surface area contributed by atoms with E-state index < -0.39 is 0 Å². The van der Waals surface area contributed by atoms with Gasteiger partial charge < -0.3 is 15.7 Å². The molecule has 3 aromatic rings. The fraction of sp³-hybridized carbons (Fsp3) is 0.154. The van der Waals surface area contributed by atoms with Gasteiger partial charge in [0.1, 0.15) is 5.82 Å². The van der Waals surface area contributed by atoms with Gasteiger partial charge in [-0.25, -0.2) is 14.8 Å². The Morgan fingerprint density at radius 3 is 2.84 bits per heavy atom. The third-order valence-corrected chi connectivity index (χ3v) is 2.89. The summed E-state index contributed by atoms with van der Waals surface area (Å²) in [6.45, 7) is 0.521. The summed E-state index contributed by atoms with van der Waals surface area (Å²) in [5.74, 6) is 0.725. The third-order valence-electron chi connectivity index (χ3n) is 2.89. The molecule has 0 aliphatic carbocycles. The number of hydrogen-bond acceptors (Lipinski definition) is 4. The number of fused-ring (bicyclic) bond motifs is 1. The molecule has 0 aliphatic heterocycles. The third kappa shape index (κ3) is 2.25. The van der Waals surface area contributed by atoms with Gasteiger partial charge in [-0.05, 0) is 24.7 Å². The molecule has 0 amide bonds. The minimum Gasteiger partial charge on any atom is -0.330 e. The Morgan fingerprint density at radius 2 is 2.00 bits per heavy atom. The first-order valence-corrected chi connectivity index (χ1v) is 6.00. The summed E-state index contributed by atoms with van der Waals surface area (Å²) in [4.78, 5) is 25.3. The van der Waals surface area contributed by atoms with Crippen LogP contribution in [0.4, 0.5) is 0 Å². The van der Waals surface area contributed by atoms with Crippen LogP contribution in [-0.2, 0) is 6.42 Å². The van der Waals surface area contributed by atoms with Crippen molar-refractivity contribution in [2.45, 2.75) is 6.42 Å². The number of nitrogens with two attached hydrogens (primary N) is 1. The Hall–Kier alpha value is -2.47. The van der Waals surface area contributed by atoms with Crippen molar-refractivity contribution in [2.75, 3.05) is 6.54 Å². The number of H-pyrrole nitrogens is 2. The van der Waals surface area contributed by atoms with Crippen LogP contribution in [-0.4, -0.2) is 26.5 Å². The second kappa shape index (κ2) is 4.66. The van der Waals surface area contributed by atoms with Gasteiger partial charge in [0.05, 0.1) is 16.7 Å². The van der Waals surface area contributed by atoms with E-state index in [1.165, 1.54) is 0 Å². The molecule has 0 fully saturated rings. The van der Waals surface area contributed by atoms with E-state index in [-0.39, 0.29) is 5.69 Å². The number of nitrogens with zero attached hydrogens (tertiary/aromatic N) is 2. The van der Waals surface area contributed by atoms with Crippen LogP contribution < -0.4 is 11.4 Å². The molecule has 0 radical (unpaired) electrons. The van der Waals surface area contributed by atoms with Gasteiger partial charge in [0.25, 0.3) is 0 Å². The summed E-state index contributed by atoms with van der Waals surface area (Å²) >= 11 is 0. The number of aromatic amines is 2. The Kier molecular flexibility index (Phi) is 2.85. The lowest BCUT2D eigenvalue weighted by atomic mass is 10.1. The van der Waals surface area contributed by atoms with Gasteiger partial charge in [0, 0.05) is 18.2 Å². The molecule has 0 saturated carbocycles. The maximum absolute atomic E-state index is 11.2. The molecule has 96 valence electrons. The largest absolute Gasteiger partial charge is 0.330 e. The van der Waals surface area contributed by atoms with Gasteiger partial charge in [-0.15, -0.1) is 0 Å². The molecule has 0 saturated heterocycles. The fourth-order valence-corrected chi connectivity index (χ4v) is 2.00. The lowest BCUT2D eigenvalue weighted by molar-refractivity contribution is 0.869. The minimum absolute atomic E-state index is 0.210. The van der Waals surface area contributed by atoms with Gasteiger partial charge in [-0.3, -0.25) is 0 Å². The van der Waals surface area contributed by atoms with E-state index >= 15 is 0 Å². The topological polar surface area (TPSA) is 100 Å². The molecule has 6 nitrogen and oxygen atoms in total. The number of hydrogen-bond donors (Lipinski definition) is 3. The second-order valence-electron chi connectivity index (χ2n) is 4.24. The monoisotopic (exact) mass is 255 g/mol. The number of benzene rings is 1. The molecule has 2 heterocycles. The average molecular weight is 255 g/mol. The Morgan fingerprint density at radius 1 is 1.16 bits per heavy atom. The summed E-state index contributed by atoms with van der Waals surface area (Å²) < 4.78 is 0. The Labute approximate surface area is 108 Å². The standard InChI is InChI=1S/C13H13N5O/c14-5-3-12-15-6-4-9(16-12)8-1-2-10-11(7-8)18-13(19)17-10/h1-2,4,6-7H,3,5,14H2,(H2,17,18,19). The van der Waals surface area contributed by atoms with Crippen molar-refractivity contribution >= 4 is 11.0 Å². The van der Waals surface area contributed by atoms with Crippen molar-refractivity contribution < 1.29 is 0 Å². The predicted octanol–water partition coefficient (Wildman–Crippen LogP) is 0.814. The van der Waals surface area contributed by atoms with Gasteiger partial charge >= 0.3 is 5.69 Å². The van der Waals surface area contributed by atoms with E-state index in [1.54, 1.807) is 6.20 Å². The Bertz CT molecular complexity index is 774. The van der Waals surface area contributed by atoms with Crippen LogP contribution in [0.1, 0.15) is 5.82 Å². The molecule has 0 atom stereocenters. The Balaban J connectivity index is 2.07. The summed E-state index contributed by atoms with van der Waals surface area (Å²) in [6.07, 6.45) is 2.37. The van der Waals surface area contributed by atoms with E-state index in [4.69, 9.17) is 5.73 Å². The van der Waals surface area contributed by atoms with Crippen molar-refractivity contribution in [3.05, 3.63) is 46.8 Å². The lowest BCUT2D eigenvalue weighted by Crippen LogP contribution is -2.06.